The quantitative estimate of drug-likeness (QED) is 0.544. The van der Waals surface area contributed by atoms with Crippen molar-refractivity contribution in [3.8, 4) is 5.75 Å². The van der Waals surface area contributed by atoms with Crippen molar-refractivity contribution in [2.75, 3.05) is 6.54 Å². The highest BCUT2D eigenvalue weighted by atomic mass is 35.5. The minimum Gasteiger partial charge on any atom is -0.489 e. The van der Waals surface area contributed by atoms with E-state index in [1.165, 1.54) is 0 Å². The SMILES string of the molecule is CC(C)Oc1ccc(C(O)CNN)cc1Cl. The molecular weight excluding hydrogens is 228 g/mol. The van der Waals surface area contributed by atoms with Crippen molar-refractivity contribution < 1.29 is 9.84 Å². The molecule has 5 heteroatoms. The Kier molecular flexibility index (Phi) is 5.02. The van der Waals surface area contributed by atoms with E-state index in [0.717, 1.165) is 0 Å². The summed E-state index contributed by atoms with van der Waals surface area (Å²) in [5.41, 5.74) is 3.12. The third-order valence-electron chi connectivity index (χ3n) is 2.01. The fourth-order valence-corrected chi connectivity index (χ4v) is 1.54. The number of nitrogens with one attached hydrogen (secondary N) is 1. The summed E-state index contributed by atoms with van der Waals surface area (Å²) < 4.78 is 5.49. The second kappa shape index (κ2) is 6.06. The van der Waals surface area contributed by atoms with Crippen LogP contribution in [0, 0.1) is 0 Å². The van der Waals surface area contributed by atoms with Gasteiger partial charge in [0, 0.05) is 6.54 Å². The average Bonchev–Trinajstić information content (AvgIpc) is 2.20. The topological polar surface area (TPSA) is 67.5 Å². The molecule has 1 aromatic carbocycles. The van der Waals surface area contributed by atoms with Crippen LogP contribution in [-0.4, -0.2) is 17.8 Å². The summed E-state index contributed by atoms with van der Waals surface area (Å²) in [7, 11) is 0. The molecule has 0 spiro atoms. The van der Waals surface area contributed by atoms with Gasteiger partial charge in [-0.1, -0.05) is 17.7 Å². The summed E-state index contributed by atoms with van der Waals surface area (Å²) in [6, 6.07) is 5.20. The molecule has 0 fully saturated rings. The Morgan fingerprint density at radius 3 is 2.69 bits per heavy atom. The Labute approximate surface area is 100 Å². The Morgan fingerprint density at radius 1 is 1.50 bits per heavy atom. The van der Waals surface area contributed by atoms with Gasteiger partial charge in [-0.15, -0.1) is 0 Å². The van der Waals surface area contributed by atoms with E-state index in [1.54, 1.807) is 18.2 Å². The number of rotatable bonds is 5. The van der Waals surface area contributed by atoms with Crippen molar-refractivity contribution in [2.24, 2.45) is 5.84 Å². The molecule has 0 aliphatic carbocycles. The number of halogens is 1. The molecule has 1 aromatic rings. The van der Waals surface area contributed by atoms with Gasteiger partial charge in [0.15, 0.2) is 0 Å². The third kappa shape index (κ3) is 3.64. The fourth-order valence-electron chi connectivity index (χ4n) is 1.30. The molecule has 0 heterocycles. The van der Waals surface area contributed by atoms with Gasteiger partial charge in [-0.3, -0.25) is 11.3 Å². The Bertz CT molecular complexity index is 345. The van der Waals surface area contributed by atoms with Gasteiger partial charge < -0.3 is 9.84 Å². The van der Waals surface area contributed by atoms with Gasteiger partial charge in [-0.05, 0) is 31.5 Å². The average molecular weight is 245 g/mol. The summed E-state index contributed by atoms with van der Waals surface area (Å²) in [5.74, 6) is 5.75. The van der Waals surface area contributed by atoms with Gasteiger partial charge in [0.1, 0.15) is 5.75 Å². The zero-order valence-corrected chi connectivity index (χ0v) is 10.2. The number of hydrogen-bond acceptors (Lipinski definition) is 4. The molecule has 4 nitrogen and oxygen atoms in total. The molecule has 0 radical (unpaired) electrons. The summed E-state index contributed by atoms with van der Waals surface area (Å²) in [6.45, 7) is 4.13. The Hall–Kier alpha value is -0.810. The number of ether oxygens (including phenoxy) is 1. The fraction of sp³-hybridized carbons (Fsp3) is 0.455. The van der Waals surface area contributed by atoms with Crippen LogP contribution >= 0.6 is 11.6 Å². The summed E-state index contributed by atoms with van der Waals surface area (Å²) in [6.07, 6.45) is -0.602. The molecule has 0 bridgehead atoms. The number of nitrogens with two attached hydrogens (primary N) is 1. The highest BCUT2D eigenvalue weighted by Crippen LogP contribution is 2.28. The van der Waals surface area contributed by atoms with E-state index in [4.69, 9.17) is 22.2 Å². The number of aliphatic hydroxyl groups is 1. The van der Waals surface area contributed by atoms with Crippen LogP contribution in [0.3, 0.4) is 0 Å². The Morgan fingerprint density at radius 2 is 2.19 bits per heavy atom. The molecule has 0 amide bonds. The van der Waals surface area contributed by atoms with Crippen molar-refractivity contribution in [2.45, 2.75) is 26.1 Å². The Balaban J connectivity index is 2.82. The lowest BCUT2D eigenvalue weighted by atomic mass is 10.1. The van der Waals surface area contributed by atoms with Gasteiger partial charge in [0.25, 0.3) is 0 Å². The van der Waals surface area contributed by atoms with Gasteiger partial charge >= 0.3 is 0 Å². The van der Waals surface area contributed by atoms with Crippen LogP contribution in [0.4, 0.5) is 0 Å². The molecule has 0 aliphatic heterocycles. The molecule has 0 saturated heterocycles. The molecule has 1 rings (SSSR count). The van der Waals surface area contributed by atoms with Gasteiger partial charge in [-0.25, -0.2) is 0 Å². The molecule has 0 aromatic heterocycles. The van der Waals surface area contributed by atoms with Crippen molar-refractivity contribution >= 4 is 11.6 Å². The standard InChI is InChI=1S/C11H17ClN2O2/c1-7(2)16-11-4-3-8(5-9(11)12)10(15)6-14-13/h3-5,7,10,14-15H,6,13H2,1-2H3. The van der Waals surface area contributed by atoms with Crippen LogP contribution in [0.15, 0.2) is 18.2 Å². The number of hydrazine groups is 1. The highest BCUT2D eigenvalue weighted by Gasteiger charge is 2.10. The monoisotopic (exact) mass is 244 g/mol. The third-order valence-corrected chi connectivity index (χ3v) is 2.31. The predicted molar refractivity (Wildman–Crippen MR) is 64.4 cm³/mol. The van der Waals surface area contributed by atoms with Crippen molar-refractivity contribution in [3.63, 3.8) is 0 Å². The summed E-state index contributed by atoms with van der Waals surface area (Å²) in [4.78, 5) is 0. The first kappa shape index (κ1) is 13.3. The van der Waals surface area contributed by atoms with Crippen LogP contribution in [0.2, 0.25) is 5.02 Å². The first-order valence-electron chi connectivity index (χ1n) is 5.12. The molecule has 16 heavy (non-hydrogen) atoms. The molecule has 1 unspecified atom stereocenters. The first-order valence-corrected chi connectivity index (χ1v) is 5.50. The van der Waals surface area contributed by atoms with E-state index in [1.807, 2.05) is 13.8 Å². The highest BCUT2D eigenvalue weighted by molar-refractivity contribution is 6.32. The maximum atomic E-state index is 9.68. The number of benzene rings is 1. The van der Waals surface area contributed by atoms with Crippen molar-refractivity contribution in [3.05, 3.63) is 28.8 Å². The zero-order chi connectivity index (χ0) is 12.1. The van der Waals surface area contributed by atoms with Crippen LogP contribution in [0.5, 0.6) is 5.75 Å². The second-order valence-electron chi connectivity index (χ2n) is 3.78. The normalized spacial score (nSPS) is 12.9. The first-order chi connectivity index (χ1) is 7.54. The van der Waals surface area contributed by atoms with E-state index in [0.29, 0.717) is 16.3 Å². The lowest BCUT2D eigenvalue weighted by molar-refractivity contribution is 0.175. The van der Waals surface area contributed by atoms with Crippen LogP contribution < -0.4 is 16.0 Å². The van der Waals surface area contributed by atoms with E-state index in [2.05, 4.69) is 5.43 Å². The van der Waals surface area contributed by atoms with E-state index in [-0.39, 0.29) is 12.6 Å². The maximum Gasteiger partial charge on any atom is 0.138 e. The smallest absolute Gasteiger partial charge is 0.138 e. The van der Waals surface area contributed by atoms with E-state index in [9.17, 15) is 5.11 Å². The molecular formula is C11H17ClN2O2. The van der Waals surface area contributed by atoms with Crippen LogP contribution in [0.1, 0.15) is 25.5 Å². The number of aliphatic hydroxyl groups excluding tert-OH is 1. The summed E-state index contributed by atoms with van der Waals surface area (Å²) >= 11 is 6.03. The molecule has 1 atom stereocenters. The van der Waals surface area contributed by atoms with Crippen LogP contribution in [-0.2, 0) is 0 Å². The summed E-state index contributed by atoms with van der Waals surface area (Å²) in [5, 5.41) is 10.2. The predicted octanol–water partition coefficient (Wildman–Crippen LogP) is 1.62. The van der Waals surface area contributed by atoms with E-state index < -0.39 is 6.10 Å². The molecule has 0 saturated carbocycles. The van der Waals surface area contributed by atoms with E-state index >= 15 is 0 Å². The van der Waals surface area contributed by atoms with Crippen molar-refractivity contribution in [1.82, 2.24) is 5.43 Å². The lowest BCUT2D eigenvalue weighted by Gasteiger charge is -2.14. The largest absolute Gasteiger partial charge is 0.489 e. The molecule has 4 N–H and O–H groups in total. The van der Waals surface area contributed by atoms with Crippen molar-refractivity contribution in [1.29, 1.82) is 0 Å². The maximum absolute atomic E-state index is 9.68. The molecule has 0 aliphatic rings. The minimum atomic E-state index is -0.671. The second-order valence-corrected chi connectivity index (χ2v) is 4.19. The zero-order valence-electron chi connectivity index (χ0n) is 9.40. The van der Waals surface area contributed by atoms with Gasteiger partial charge in [-0.2, -0.15) is 0 Å². The van der Waals surface area contributed by atoms with Gasteiger partial charge in [0.05, 0.1) is 17.2 Å². The lowest BCUT2D eigenvalue weighted by Crippen LogP contribution is -2.27. The van der Waals surface area contributed by atoms with Gasteiger partial charge in [0.2, 0.25) is 0 Å². The minimum absolute atomic E-state index is 0.0685. The molecule has 90 valence electrons. The number of hydrogen-bond donors (Lipinski definition) is 3. The van der Waals surface area contributed by atoms with Crippen LogP contribution in [0.25, 0.3) is 0 Å².